The Bertz CT molecular complexity index is 67.0. The van der Waals surface area contributed by atoms with E-state index in [0.29, 0.717) is 0 Å². The molecule has 0 fully saturated rings. The number of hydrogen-bond donors (Lipinski definition) is 0. The standard InChI is InChI=1S/C5H5.C2H5.Zr.H/c1-2-4-5-3-1;1-2;;/h1-3H,4H2;1H2,2H3;;/q2*-1;+2;-1. The summed E-state index contributed by atoms with van der Waals surface area (Å²) in [6.07, 6.45) is 10.0. The Balaban J connectivity index is -0.0000000836. The fraction of sp³-hybridized carbons (Fsp3) is 0.286. The van der Waals surface area contributed by atoms with Crippen LogP contribution in [0, 0.1) is 13.0 Å². The van der Waals surface area contributed by atoms with Crippen molar-refractivity contribution in [2.45, 2.75) is 13.3 Å². The molecule has 0 bridgehead atoms. The van der Waals surface area contributed by atoms with Crippen LogP contribution in [0.3, 0.4) is 0 Å². The van der Waals surface area contributed by atoms with Crippen LogP contribution in [0.25, 0.3) is 0 Å². The topological polar surface area (TPSA) is 0 Å². The summed E-state index contributed by atoms with van der Waals surface area (Å²) in [5.41, 5.74) is 0. The van der Waals surface area contributed by atoms with Crippen molar-refractivity contribution in [3.63, 3.8) is 0 Å². The minimum absolute atomic E-state index is 0. The quantitative estimate of drug-likeness (QED) is 0.509. The second-order valence-electron chi connectivity index (χ2n) is 1.00. The molecule has 1 aliphatic rings. The predicted octanol–water partition coefficient (Wildman–Crippen LogP) is 2.26. The van der Waals surface area contributed by atoms with Crippen LogP contribution >= 0.6 is 0 Å². The third-order valence-electron chi connectivity index (χ3n) is 0.586. The molecule has 44 valence electrons. The molecule has 0 aromatic carbocycles. The van der Waals surface area contributed by atoms with E-state index in [0.717, 1.165) is 6.42 Å². The smallest absolute Gasteiger partial charge is 1.00 e. The van der Waals surface area contributed by atoms with Crippen molar-refractivity contribution in [2.75, 3.05) is 0 Å². The Labute approximate surface area is 72.3 Å². The van der Waals surface area contributed by atoms with Crippen LogP contribution in [0.2, 0.25) is 0 Å². The van der Waals surface area contributed by atoms with Crippen LogP contribution in [-0.2, 0) is 26.2 Å². The van der Waals surface area contributed by atoms with Crippen molar-refractivity contribution in [1.29, 1.82) is 0 Å². The molecule has 0 saturated carbocycles. The number of hydrogen-bond acceptors (Lipinski definition) is 0. The van der Waals surface area contributed by atoms with E-state index in [-0.39, 0.29) is 27.6 Å². The third-order valence-corrected chi connectivity index (χ3v) is 0.586. The molecule has 8 heavy (non-hydrogen) atoms. The van der Waals surface area contributed by atoms with E-state index >= 15 is 0 Å². The minimum Gasteiger partial charge on any atom is -1.00 e. The summed E-state index contributed by atoms with van der Waals surface area (Å²) in [7, 11) is 0. The van der Waals surface area contributed by atoms with Crippen molar-refractivity contribution in [3.8, 4) is 0 Å². The van der Waals surface area contributed by atoms with Gasteiger partial charge < -0.3 is 8.35 Å². The summed E-state index contributed by atoms with van der Waals surface area (Å²) in [4.78, 5) is 0. The summed E-state index contributed by atoms with van der Waals surface area (Å²) < 4.78 is 0. The summed E-state index contributed by atoms with van der Waals surface area (Å²) in [6, 6.07) is 0. The van der Waals surface area contributed by atoms with Crippen molar-refractivity contribution < 1.29 is 27.6 Å². The van der Waals surface area contributed by atoms with Crippen molar-refractivity contribution in [1.82, 2.24) is 0 Å². The zero-order valence-corrected chi connectivity index (χ0v) is 7.60. The fourth-order valence-electron chi connectivity index (χ4n) is 0.340. The summed E-state index contributed by atoms with van der Waals surface area (Å²) >= 11 is 0. The van der Waals surface area contributed by atoms with E-state index in [4.69, 9.17) is 0 Å². The zero-order chi connectivity index (χ0) is 5.54. The maximum absolute atomic E-state index is 3.25. The van der Waals surface area contributed by atoms with Crippen molar-refractivity contribution in [2.24, 2.45) is 0 Å². The number of allylic oxidation sites excluding steroid dienone is 4. The maximum Gasteiger partial charge on any atom is 2.00 e. The molecule has 0 nitrogen and oxygen atoms in total. The molecule has 0 unspecified atom stereocenters. The first kappa shape index (κ1) is 11.2. The molecule has 1 heteroatoms. The molecule has 0 saturated heterocycles. The van der Waals surface area contributed by atoms with E-state index in [1.807, 2.05) is 12.2 Å². The van der Waals surface area contributed by atoms with Gasteiger partial charge in [0.15, 0.2) is 0 Å². The first-order valence-electron chi connectivity index (χ1n) is 2.42. The number of rotatable bonds is 0. The summed E-state index contributed by atoms with van der Waals surface area (Å²) in [5, 5.41) is 0. The van der Waals surface area contributed by atoms with E-state index in [1.165, 1.54) is 0 Å². The Morgan fingerprint density at radius 1 is 1.62 bits per heavy atom. The molecule has 0 heterocycles. The van der Waals surface area contributed by atoms with Crippen LogP contribution in [0.15, 0.2) is 18.2 Å². The van der Waals surface area contributed by atoms with Crippen LogP contribution < -0.4 is 0 Å². The van der Waals surface area contributed by atoms with Gasteiger partial charge in [0.05, 0.1) is 0 Å². The average Bonchev–Trinajstić information content (AvgIpc) is 2.23. The van der Waals surface area contributed by atoms with Crippen LogP contribution in [0.1, 0.15) is 14.8 Å². The van der Waals surface area contributed by atoms with Gasteiger partial charge >= 0.3 is 26.2 Å². The van der Waals surface area contributed by atoms with Gasteiger partial charge in [0, 0.05) is 0 Å². The van der Waals surface area contributed by atoms with E-state index < -0.39 is 0 Å². The molecular formula is C7H11Zr-. The second-order valence-corrected chi connectivity index (χ2v) is 1.00. The van der Waals surface area contributed by atoms with Crippen molar-refractivity contribution in [3.05, 3.63) is 31.2 Å². The van der Waals surface area contributed by atoms with Gasteiger partial charge in [-0.2, -0.15) is 13.0 Å². The molecule has 0 aromatic rings. The minimum atomic E-state index is 0. The third kappa shape index (κ3) is 6.36. The average molecular weight is 186 g/mol. The molecular weight excluding hydrogens is 175 g/mol. The van der Waals surface area contributed by atoms with E-state index in [1.54, 1.807) is 6.92 Å². The van der Waals surface area contributed by atoms with Gasteiger partial charge in [-0.15, -0.1) is 6.42 Å². The Morgan fingerprint density at radius 3 is 2.38 bits per heavy atom. The molecule has 0 aromatic heterocycles. The predicted molar refractivity (Wildman–Crippen MR) is 33.7 cm³/mol. The van der Waals surface area contributed by atoms with Gasteiger partial charge in [-0.25, -0.2) is 12.2 Å². The van der Waals surface area contributed by atoms with Gasteiger partial charge in [-0.05, 0) is 0 Å². The van der Waals surface area contributed by atoms with Crippen molar-refractivity contribution >= 4 is 0 Å². The van der Waals surface area contributed by atoms with E-state index in [9.17, 15) is 0 Å². The Kier molecular flexibility index (Phi) is 14.5. The molecule has 0 atom stereocenters. The molecule has 0 aliphatic heterocycles. The summed E-state index contributed by atoms with van der Waals surface area (Å²) in [6.45, 7) is 5.00. The molecule has 0 N–H and O–H groups in total. The molecule has 1 rings (SSSR count). The SMILES string of the molecule is [C-]1=CC=CC1.[CH2-]C.[H-].[Zr+2]. The largest absolute Gasteiger partial charge is 2.00 e. The summed E-state index contributed by atoms with van der Waals surface area (Å²) in [5.74, 6) is 0. The van der Waals surface area contributed by atoms with Gasteiger partial charge in [-0.1, -0.05) is 0 Å². The second kappa shape index (κ2) is 10.4. The fourth-order valence-corrected chi connectivity index (χ4v) is 0.340. The van der Waals surface area contributed by atoms with Gasteiger partial charge in [0.2, 0.25) is 0 Å². The van der Waals surface area contributed by atoms with Crippen LogP contribution in [0.5, 0.6) is 0 Å². The first-order valence-corrected chi connectivity index (χ1v) is 2.42. The van der Waals surface area contributed by atoms with Gasteiger partial charge in [-0.3, -0.25) is 6.08 Å². The van der Waals surface area contributed by atoms with E-state index in [2.05, 4.69) is 19.1 Å². The van der Waals surface area contributed by atoms with Crippen LogP contribution in [0.4, 0.5) is 0 Å². The molecule has 0 spiro atoms. The molecule has 0 radical (unpaired) electrons. The molecule has 1 aliphatic carbocycles. The monoisotopic (exact) mass is 185 g/mol. The first-order chi connectivity index (χ1) is 3.50. The normalized spacial score (nSPS) is 11.8. The van der Waals surface area contributed by atoms with Gasteiger partial charge in [0.25, 0.3) is 0 Å². The Hall–Kier alpha value is 0.363. The maximum atomic E-state index is 3.25. The van der Waals surface area contributed by atoms with Crippen LogP contribution in [-0.4, -0.2) is 0 Å². The zero-order valence-electron chi connectivity index (χ0n) is 6.15. The van der Waals surface area contributed by atoms with Gasteiger partial charge in [0.1, 0.15) is 0 Å². The molecule has 0 amide bonds. The Morgan fingerprint density at radius 2 is 2.25 bits per heavy atom.